The van der Waals surface area contributed by atoms with Crippen LogP contribution >= 0.6 is 0 Å². The lowest BCUT2D eigenvalue weighted by Crippen LogP contribution is -2.49. The van der Waals surface area contributed by atoms with Gasteiger partial charge in [0.1, 0.15) is 11.8 Å². The summed E-state index contributed by atoms with van der Waals surface area (Å²) in [4.78, 5) is 15.6. The minimum atomic E-state index is -0.296. The Morgan fingerprint density at radius 3 is 2.85 bits per heavy atom. The number of hydrogen-bond donors (Lipinski definition) is 1. The van der Waals surface area contributed by atoms with E-state index in [1.165, 1.54) is 5.56 Å². The number of nitrogens with one attached hydrogen (secondary N) is 1. The second-order valence-electron chi connectivity index (χ2n) is 7.90. The van der Waals surface area contributed by atoms with Crippen molar-refractivity contribution in [2.45, 2.75) is 65.1 Å². The molecule has 1 aromatic heterocycles. The predicted octanol–water partition coefficient (Wildman–Crippen LogP) is 2.49. The highest BCUT2D eigenvalue weighted by molar-refractivity contribution is 5.84. The van der Waals surface area contributed by atoms with Crippen molar-refractivity contribution in [2.24, 2.45) is 12.5 Å². The standard InChI is InChI=1S/C21H32N4O2/c1-5-21(20(26)23-9-10-27-6-2)12-17-7-8-19(21)25(17)14-16-11-18(13-22)24(4)15(16)3/h11,17,19H,5-10,12,14H2,1-4H3,(H,23,26)/t17-,19+,21+/m0/s1. The molecule has 3 rings (SSSR count). The van der Waals surface area contributed by atoms with E-state index in [2.05, 4.69) is 30.1 Å². The van der Waals surface area contributed by atoms with Gasteiger partial charge in [-0.1, -0.05) is 6.92 Å². The zero-order valence-corrected chi connectivity index (χ0v) is 17.0. The summed E-state index contributed by atoms with van der Waals surface area (Å²) in [7, 11) is 1.94. The first-order valence-corrected chi connectivity index (χ1v) is 10.2. The van der Waals surface area contributed by atoms with Crippen molar-refractivity contribution in [3.63, 3.8) is 0 Å². The number of carbonyl (C=O) groups excluding carboxylic acids is 1. The molecule has 27 heavy (non-hydrogen) atoms. The SMILES string of the molecule is CCOCCNC(=O)[C@]1(CC)C[C@@H]2CC[C@H]1N2Cc1cc(C#N)n(C)c1C. The van der Waals surface area contributed by atoms with Crippen LogP contribution in [0.25, 0.3) is 0 Å². The summed E-state index contributed by atoms with van der Waals surface area (Å²) < 4.78 is 7.32. The molecular weight excluding hydrogens is 340 g/mol. The van der Waals surface area contributed by atoms with E-state index in [1.54, 1.807) is 0 Å². The summed E-state index contributed by atoms with van der Waals surface area (Å²) in [5.74, 6) is 0.185. The zero-order valence-electron chi connectivity index (χ0n) is 17.0. The van der Waals surface area contributed by atoms with Gasteiger partial charge in [0.15, 0.2) is 0 Å². The molecule has 2 fully saturated rings. The Morgan fingerprint density at radius 1 is 1.44 bits per heavy atom. The monoisotopic (exact) mass is 372 g/mol. The number of aromatic nitrogens is 1. The van der Waals surface area contributed by atoms with E-state index in [0.717, 1.165) is 37.9 Å². The molecule has 0 spiro atoms. The second-order valence-corrected chi connectivity index (χ2v) is 7.90. The minimum Gasteiger partial charge on any atom is -0.380 e. The van der Waals surface area contributed by atoms with Crippen molar-refractivity contribution in [3.05, 3.63) is 23.0 Å². The van der Waals surface area contributed by atoms with E-state index in [9.17, 15) is 10.1 Å². The fourth-order valence-electron chi connectivity index (χ4n) is 5.11. The van der Waals surface area contributed by atoms with Crippen LogP contribution in [0.15, 0.2) is 6.07 Å². The van der Waals surface area contributed by atoms with E-state index in [4.69, 9.17) is 4.74 Å². The Labute approximate surface area is 162 Å². The molecule has 0 aromatic carbocycles. The van der Waals surface area contributed by atoms with E-state index in [0.29, 0.717) is 31.5 Å². The van der Waals surface area contributed by atoms with Crippen LogP contribution in [0.5, 0.6) is 0 Å². The lowest BCUT2D eigenvalue weighted by Gasteiger charge is -2.35. The third-order valence-electron chi connectivity index (χ3n) is 6.81. The van der Waals surface area contributed by atoms with Crippen molar-refractivity contribution in [2.75, 3.05) is 19.8 Å². The number of carbonyl (C=O) groups is 1. The number of rotatable bonds is 8. The fraction of sp³-hybridized carbons (Fsp3) is 0.714. The van der Waals surface area contributed by atoms with Crippen LogP contribution in [0, 0.1) is 23.7 Å². The summed E-state index contributed by atoms with van der Waals surface area (Å²) in [5.41, 5.74) is 2.75. The molecule has 1 aromatic rings. The van der Waals surface area contributed by atoms with E-state index < -0.39 is 0 Å². The van der Waals surface area contributed by atoms with Gasteiger partial charge < -0.3 is 14.6 Å². The van der Waals surface area contributed by atoms with Crippen LogP contribution < -0.4 is 5.32 Å². The van der Waals surface area contributed by atoms with Crippen molar-refractivity contribution >= 4 is 5.91 Å². The van der Waals surface area contributed by atoms with Gasteiger partial charge in [0.05, 0.1) is 12.0 Å². The van der Waals surface area contributed by atoms with E-state index in [1.807, 2.05) is 24.6 Å². The molecule has 0 saturated carbocycles. The van der Waals surface area contributed by atoms with Crippen molar-refractivity contribution < 1.29 is 9.53 Å². The molecule has 0 radical (unpaired) electrons. The van der Waals surface area contributed by atoms with Crippen LogP contribution in [-0.2, 0) is 23.1 Å². The summed E-state index contributed by atoms with van der Waals surface area (Å²) in [6, 6.07) is 5.01. The van der Waals surface area contributed by atoms with Gasteiger partial charge in [0.2, 0.25) is 5.91 Å². The first-order chi connectivity index (χ1) is 13.0. The number of nitriles is 1. The van der Waals surface area contributed by atoms with Crippen molar-refractivity contribution in [3.8, 4) is 6.07 Å². The van der Waals surface area contributed by atoms with Gasteiger partial charge >= 0.3 is 0 Å². The molecule has 6 heteroatoms. The average Bonchev–Trinajstić information content (AvgIpc) is 3.30. The van der Waals surface area contributed by atoms with Crippen LogP contribution in [0.1, 0.15) is 56.5 Å². The van der Waals surface area contributed by atoms with Gasteiger partial charge in [0.25, 0.3) is 0 Å². The lowest BCUT2D eigenvalue weighted by atomic mass is 9.71. The van der Waals surface area contributed by atoms with E-state index >= 15 is 0 Å². The maximum atomic E-state index is 13.1. The molecule has 3 heterocycles. The van der Waals surface area contributed by atoms with Gasteiger partial charge in [-0.2, -0.15) is 5.26 Å². The number of ether oxygens (including phenoxy) is 1. The van der Waals surface area contributed by atoms with Crippen LogP contribution in [0.4, 0.5) is 0 Å². The minimum absolute atomic E-state index is 0.185. The topological polar surface area (TPSA) is 70.3 Å². The Kier molecular flexibility index (Phi) is 5.92. The van der Waals surface area contributed by atoms with Gasteiger partial charge in [-0.05, 0) is 51.2 Å². The summed E-state index contributed by atoms with van der Waals surface area (Å²) in [6.07, 6.45) is 4.04. The zero-order chi connectivity index (χ0) is 19.6. The summed E-state index contributed by atoms with van der Waals surface area (Å²) in [6.45, 7) is 8.82. The van der Waals surface area contributed by atoms with Crippen LogP contribution in [0.2, 0.25) is 0 Å². The molecule has 3 atom stereocenters. The lowest BCUT2D eigenvalue weighted by molar-refractivity contribution is -0.133. The molecule has 148 valence electrons. The first-order valence-electron chi connectivity index (χ1n) is 10.2. The van der Waals surface area contributed by atoms with Gasteiger partial charge in [0, 0.05) is 44.5 Å². The number of nitrogens with zero attached hydrogens (tertiary/aromatic N) is 3. The third-order valence-corrected chi connectivity index (χ3v) is 6.81. The Morgan fingerprint density at radius 2 is 2.22 bits per heavy atom. The van der Waals surface area contributed by atoms with Crippen molar-refractivity contribution in [1.82, 2.24) is 14.8 Å². The smallest absolute Gasteiger partial charge is 0.227 e. The predicted molar refractivity (Wildman–Crippen MR) is 104 cm³/mol. The largest absolute Gasteiger partial charge is 0.380 e. The average molecular weight is 373 g/mol. The third kappa shape index (κ3) is 3.39. The maximum absolute atomic E-state index is 13.1. The molecule has 2 aliphatic rings. The molecule has 6 nitrogen and oxygen atoms in total. The quantitative estimate of drug-likeness (QED) is 0.712. The molecule has 1 amide bonds. The maximum Gasteiger partial charge on any atom is 0.227 e. The Balaban J connectivity index is 1.74. The van der Waals surface area contributed by atoms with E-state index in [-0.39, 0.29) is 17.4 Å². The van der Waals surface area contributed by atoms with Gasteiger partial charge in [-0.25, -0.2) is 0 Å². The first kappa shape index (κ1) is 19.9. The Hall–Kier alpha value is -1.84. The molecule has 2 aliphatic heterocycles. The summed E-state index contributed by atoms with van der Waals surface area (Å²) >= 11 is 0. The number of fused-ring (bicyclic) bond motifs is 2. The fourth-order valence-corrected chi connectivity index (χ4v) is 5.11. The Bertz CT molecular complexity index is 735. The second kappa shape index (κ2) is 8.04. The molecule has 1 N–H and O–H groups in total. The molecule has 2 saturated heterocycles. The highest BCUT2D eigenvalue weighted by Gasteiger charge is 2.58. The van der Waals surface area contributed by atoms with Crippen LogP contribution in [0.3, 0.4) is 0 Å². The van der Waals surface area contributed by atoms with Gasteiger partial charge in [-0.3, -0.25) is 9.69 Å². The normalized spacial score (nSPS) is 27.1. The molecule has 0 unspecified atom stereocenters. The number of amides is 1. The van der Waals surface area contributed by atoms with Gasteiger partial charge in [-0.15, -0.1) is 0 Å². The van der Waals surface area contributed by atoms with Crippen LogP contribution in [-0.4, -0.2) is 47.2 Å². The summed E-state index contributed by atoms with van der Waals surface area (Å²) in [5, 5.41) is 12.4. The molecule has 2 bridgehead atoms. The highest BCUT2D eigenvalue weighted by Crippen LogP contribution is 2.52. The molecule has 0 aliphatic carbocycles. The highest BCUT2D eigenvalue weighted by atomic mass is 16.5. The van der Waals surface area contributed by atoms with Crippen molar-refractivity contribution in [1.29, 1.82) is 5.26 Å². The molecular formula is C21H32N4O2. The number of hydrogen-bond acceptors (Lipinski definition) is 4.